The Balaban J connectivity index is 1.83. The summed E-state index contributed by atoms with van der Waals surface area (Å²) in [6.07, 6.45) is 1.84. The molecule has 0 fully saturated rings. The highest BCUT2D eigenvalue weighted by Crippen LogP contribution is 2.21. The minimum absolute atomic E-state index is 0.223. The van der Waals surface area contributed by atoms with Crippen molar-refractivity contribution in [1.29, 1.82) is 0 Å². The van der Waals surface area contributed by atoms with Crippen LogP contribution in [0.1, 0.15) is 11.3 Å². The molecule has 0 unspecified atom stereocenters. The number of benzene rings is 1. The van der Waals surface area contributed by atoms with Gasteiger partial charge >= 0.3 is 0 Å². The van der Waals surface area contributed by atoms with Crippen molar-refractivity contribution in [2.75, 3.05) is 5.32 Å². The Labute approximate surface area is 135 Å². The zero-order valence-electron chi connectivity index (χ0n) is 11.7. The Hall–Kier alpha value is -1.70. The second-order valence-corrected chi connectivity index (χ2v) is 6.06. The smallest absolute Gasteiger partial charge is 0.157 e. The van der Waals surface area contributed by atoms with Crippen LogP contribution in [0.5, 0.6) is 0 Å². The number of nitrogens with one attached hydrogen (secondary N) is 1. The molecule has 0 aliphatic heterocycles. The summed E-state index contributed by atoms with van der Waals surface area (Å²) >= 11 is 2.12. The van der Waals surface area contributed by atoms with E-state index < -0.39 is 0 Å². The summed E-state index contributed by atoms with van der Waals surface area (Å²) in [5.74, 6) is -0.223. The van der Waals surface area contributed by atoms with Crippen LogP contribution in [0.15, 0.2) is 30.5 Å². The topological polar surface area (TPSA) is 42.7 Å². The molecule has 0 saturated heterocycles. The van der Waals surface area contributed by atoms with E-state index in [0.717, 1.165) is 31.5 Å². The van der Waals surface area contributed by atoms with Gasteiger partial charge in [-0.2, -0.15) is 5.10 Å². The average Bonchev–Trinajstić information content (AvgIpc) is 2.73. The quantitative estimate of drug-likeness (QED) is 0.688. The minimum atomic E-state index is -0.223. The van der Waals surface area contributed by atoms with Crippen molar-refractivity contribution in [3.8, 4) is 0 Å². The lowest BCUT2D eigenvalue weighted by atomic mass is 10.2. The molecular formula is C15H14FIN4. The van der Waals surface area contributed by atoms with E-state index in [2.05, 4.69) is 44.1 Å². The van der Waals surface area contributed by atoms with E-state index in [1.54, 1.807) is 10.7 Å². The van der Waals surface area contributed by atoms with E-state index in [1.807, 2.05) is 20.2 Å². The van der Waals surface area contributed by atoms with E-state index in [-0.39, 0.29) is 5.82 Å². The fourth-order valence-corrected chi connectivity index (χ4v) is 2.95. The van der Waals surface area contributed by atoms with Gasteiger partial charge in [-0.1, -0.05) is 0 Å². The molecule has 0 bridgehead atoms. The lowest BCUT2D eigenvalue weighted by Gasteiger charge is -2.08. The van der Waals surface area contributed by atoms with Gasteiger partial charge in [-0.25, -0.2) is 9.37 Å². The number of hydrogen-bond donors (Lipinski definition) is 1. The fraction of sp³-hybridized carbons (Fsp3) is 0.200. The maximum atomic E-state index is 13.1. The summed E-state index contributed by atoms with van der Waals surface area (Å²) in [6, 6.07) is 6.80. The number of aryl methyl sites for hydroxylation is 2. The van der Waals surface area contributed by atoms with E-state index >= 15 is 0 Å². The Morgan fingerprint density at radius 3 is 2.90 bits per heavy atom. The molecule has 0 atom stereocenters. The zero-order chi connectivity index (χ0) is 15.0. The highest BCUT2D eigenvalue weighted by molar-refractivity contribution is 14.1. The number of nitrogens with zero attached hydrogens (tertiary/aromatic N) is 3. The molecule has 0 aliphatic carbocycles. The highest BCUT2D eigenvalue weighted by Gasteiger charge is 2.07. The summed E-state index contributed by atoms with van der Waals surface area (Å²) in [7, 11) is 1.89. The largest absolute Gasteiger partial charge is 0.380 e. The molecule has 21 heavy (non-hydrogen) atoms. The number of anilines is 1. The normalized spacial score (nSPS) is 11.0. The maximum absolute atomic E-state index is 13.1. The predicted octanol–water partition coefficient (Wildman–Crippen LogP) is 3.63. The van der Waals surface area contributed by atoms with Crippen LogP contribution in [0.3, 0.4) is 0 Å². The highest BCUT2D eigenvalue weighted by atomic mass is 127. The van der Waals surface area contributed by atoms with Crippen LogP contribution in [-0.4, -0.2) is 14.8 Å². The van der Waals surface area contributed by atoms with Gasteiger partial charge in [-0.15, -0.1) is 0 Å². The van der Waals surface area contributed by atoms with Gasteiger partial charge in [-0.05, 0) is 59.3 Å². The summed E-state index contributed by atoms with van der Waals surface area (Å²) in [6.45, 7) is 2.61. The van der Waals surface area contributed by atoms with Gasteiger partial charge in [0.2, 0.25) is 0 Å². The molecule has 1 N–H and O–H groups in total. The van der Waals surface area contributed by atoms with Crippen molar-refractivity contribution >= 4 is 39.3 Å². The molecule has 0 spiro atoms. The molecule has 2 heterocycles. The minimum Gasteiger partial charge on any atom is -0.380 e. The van der Waals surface area contributed by atoms with Crippen LogP contribution in [0.2, 0.25) is 0 Å². The third-order valence-electron chi connectivity index (χ3n) is 3.33. The number of pyridine rings is 1. The van der Waals surface area contributed by atoms with Crippen molar-refractivity contribution in [3.05, 3.63) is 51.1 Å². The van der Waals surface area contributed by atoms with E-state index in [1.165, 1.54) is 12.1 Å². The van der Waals surface area contributed by atoms with Gasteiger partial charge in [0.25, 0.3) is 0 Å². The maximum Gasteiger partial charge on any atom is 0.157 e. The second kappa shape index (κ2) is 5.59. The van der Waals surface area contributed by atoms with Gasteiger partial charge in [-0.3, -0.25) is 4.68 Å². The molecule has 4 nitrogen and oxygen atoms in total. The third kappa shape index (κ3) is 2.85. The molecule has 6 heteroatoms. The summed E-state index contributed by atoms with van der Waals surface area (Å²) in [4.78, 5) is 4.45. The Bertz CT molecular complexity index is 813. The predicted molar refractivity (Wildman–Crippen MR) is 89.7 cm³/mol. The van der Waals surface area contributed by atoms with Crippen LogP contribution in [-0.2, 0) is 13.6 Å². The van der Waals surface area contributed by atoms with Gasteiger partial charge in [0.15, 0.2) is 5.65 Å². The number of hydrogen-bond acceptors (Lipinski definition) is 3. The van der Waals surface area contributed by atoms with Crippen LogP contribution < -0.4 is 5.32 Å². The van der Waals surface area contributed by atoms with E-state index in [9.17, 15) is 4.39 Å². The first-order valence-electron chi connectivity index (χ1n) is 6.52. The van der Waals surface area contributed by atoms with E-state index in [0.29, 0.717) is 6.54 Å². The first-order valence-corrected chi connectivity index (χ1v) is 7.59. The summed E-state index contributed by atoms with van der Waals surface area (Å²) in [5, 5.41) is 8.73. The number of halogens is 2. The number of rotatable bonds is 3. The van der Waals surface area contributed by atoms with Crippen molar-refractivity contribution in [2.24, 2.45) is 7.05 Å². The van der Waals surface area contributed by atoms with Crippen molar-refractivity contribution in [2.45, 2.75) is 13.5 Å². The molecular weight excluding hydrogens is 382 g/mol. The molecule has 0 aliphatic rings. The number of fused-ring (bicyclic) bond motifs is 1. The average molecular weight is 396 g/mol. The van der Waals surface area contributed by atoms with Crippen molar-refractivity contribution in [1.82, 2.24) is 14.8 Å². The molecule has 0 amide bonds. The van der Waals surface area contributed by atoms with Gasteiger partial charge in [0, 0.05) is 34.4 Å². The summed E-state index contributed by atoms with van der Waals surface area (Å²) in [5.41, 5.74) is 3.84. The Morgan fingerprint density at radius 1 is 1.33 bits per heavy atom. The fourth-order valence-electron chi connectivity index (χ4n) is 2.28. The molecule has 1 aromatic carbocycles. The Morgan fingerprint density at radius 2 is 2.14 bits per heavy atom. The van der Waals surface area contributed by atoms with Crippen LogP contribution in [0.4, 0.5) is 10.1 Å². The van der Waals surface area contributed by atoms with Gasteiger partial charge < -0.3 is 5.32 Å². The molecule has 0 radical (unpaired) electrons. The van der Waals surface area contributed by atoms with Crippen LogP contribution in [0.25, 0.3) is 11.0 Å². The molecule has 0 saturated carbocycles. The lowest BCUT2D eigenvalue weighted by molar-refractivity contribution is 0.627. The standard InChI is InChI=1S/C15H14FIN4/c1-9-12-5-10(8-19-15(12)21(2)20-9)7-18-14-4-3-11(16)6-13(14)17/h3-6,8,18H,7H2,1-2H3. The first kappa shape index (κ1) is 14.2. The SMILES string of the molecule is Cc1nn(C)c2ncc(CNc3ccc(F)cc3I)cc12. The van der Waals surface area contributed by atoms with E-state index in [4.69, 9.17) is 0 Å². The van der Waals surface area contributed by atoms with Crippen LogP contribution >= 0.6 is 22.6 Å². The zero-order valence-corrected chi connectivity index (χ0v) is 13.8. The molecule has 108 valence electrons. The van der Waals surface area contributed by atoms with Crippen molar-refractivity contribution in [3.63, 3.8) is 0 Å². The van der Waals surface area contributed by atoms with Gasteiger partial charge in [0.1, 0.15) is 5.82 Å². The monoisotopic (exact) mass is 396 g/mol. The third-order valence-corrected chi connectivity index (χ3v) is 4.23. The van der Waals surface area contributed by atoms with Gasteiger partial charge in [0.05, 0.1) is 5.69 Å². The molecule has 3 rings (SSSR count). The Kier molecular flexibility index (Phi) is 3.79. The summed E-state index contributed by atoms with van der Waals surface area (Å²) < 4.78 is 15.7. The first-order chi connectivity index (χ1) is 10.0. The molecule has 3 aromatic rings. The second-order valence-electron chi connectivity index (χ2n) is 4.90. The lowest BCUT2D eigenvalue weighted by Crippen LogP contribution is -2.02. The molecule has 2 aromatic heterocycles. The number of aromatic nitrogens is 3. The van der Waals surface area contributed by atoms with Crippen molar-refractivity contribution < 1.29 is 4.39 Å². The van der Waals surface area contributed by atoms with Crippen LogP contribution in [0, 0.1) is 16.3 Å².